The molecule has 0 radical (unpaired) electrons. The summed E-state index contributed by atoms with van der Waals surface area (Å²) < 4.78 is 10.5. The van der Waals surface area contributed by atoms with Crippen molar-refractivity contribution in [3.63, 3.8) is 0 Å². The summed E-state index contributed by atoms with van der Waals surface area (Å²) in [5.74, 6) is 1.36. The minimum atomic E-state index is 0.594. The molecule has 0 amide bonds. The number of morpholine rings is 1. The monoisotopic (exact) mass is 292 g/mol. The SMILES string of the molecule is COc1cncc(CN2CCC(CN3CCOCC3)C2)n1. The third kappa shape index (κ3) is 4.12. The van der Waals surface area contributed by atoms with Crippen LogP contribution in [0, 0.1) is 5.92 Å². The fraction of sp³-hybridized carbons (Fsp3) is 0.733. The predicted octanol–water partition coefficient (Wildman–Crippen LogP) is 0.639. The van der Waals surface area contributed by atoms with Gasteiger partial charge in [0, 0.05) is 38.9 Å². The van der Waals surface area contributed by atoms with Crippen molar-refractivity contribution in [1.29, 1.82) is 0 Å². The van der Waals surface area contributed by atoms with Gasteiger partial charge in [-0.3, -0.25) is 14.8 Å². The molecule has 3 rings (SSSR count). The topological polar surface area (TPSA) is 50.7 Å². The maximum Gasteiger partial charge on any atom is 0.232 e. The van der Waals surface area contributed by atoms with Gasteiger partial charge in [0.05, 0.1) is 32.2 Å². The van der Waals surface area contributed by atoms with Gasteiger partial charge in [-0.2, -0.15) is 0 Å². The Bertz CT molecular complexity index is 451. The third-order valence-electron chi connectivity index (χ3n) is 4.25. The highest BCUT2D eigenvalue weighted by molar-refractivity contribution is 5.08. The molecule has 0 aromatic carbocycles. The Hall–Kier alpha value is -1.24. The van der Waals surface area contributed by atoms with Gasteiger partial charge in [-0.25, -0.2) is 4.98 Å². The maximum atomic E-state index is 5.41. The molecule has 0 bridgehead atoms. The van der Waals surface area contributed by atoms with Crippen LogP contribution in [0.25, 0.3) is 0 Å². The minimum Gasteiger partial charge on any atom is -0.480 e. The highest BCUT2D eigenvalue weighted by Gasteiger charge is 2.25. The third-order valence-corrected chi connectivity index (χ3v) is 4.25. The first kappa shape index (κ1) is 14.7. The highest BCUT2D eigenvalue weighted by Crippen LogP contribution is 2.20. The van der Waals surface area contributed by atoms with Crippen LogP contribution in [0.5, 0.6) is 5.88 Å². The molecular formula is C15H24N4O2. The molecule has 6 nitrogen and oxygen atoms in total. The van der Waals surface area contributed by atoms with Crippen LogP contribution >= 0.6 is 0 Å². The summed E-state index contributed by atoms with van der Waals surface area (Å²) in [6.45, 7) is 8.29. The minimum absolute atomic E-state index is 0.594. The lowest BCUT2D eigenvalue weighted by Crippen LogP contribution is -2.39. The first-order chi connectivity index (χ1) is 10.3. The van der Waals surface area contributed by atoms with E-state index >= 15 is 0 Å². The fourth-order valence-electron chi connectivity index (χ4n) is 3.14. The molecule has 6 heteroatoms. The first-order valence-electron chi connectivity index (χ1n) is 7.71. The highest BCUT2D eigenvalue weighted by atomic mass is 16.5. The summed E-state index contributed by atoms with van der Waals surface area (Å²) in [4.78, 5) is 13.6. The van der Waals surface area contributed by atoms with Gasteiger partial charge in [0.15, 0.2) is 0 Å². The van der Waals surface area contributed by atoms with Crippen LogP contribution in [0.2, 0.25) is 0 Å². The standard InChI is InChI=1S/C15H24N4O2/c1-20-15-9-16-8-14(17-15)12-19-3-2-13(11-19)10-18-4-6-21-7-5-18/h8-9,13H,2-7,10-12H2,1H3. The van der Waals surface area contributed by atoms with Crippen molar-refractivity contribution >= 4 is 0 Å². The van der Waals surface area contributed by atoms with Crippen molar-refractivity contribution in [1.82, 2.24) is 19.8 Å². The molecule has 2 aliphatic rings. The molecule has 0 spiro atoms. The lowest BCUT2D eigenvalue weighted by Gasteiger charge is -2.29. The van der Waals surface area contributed by atoms with Crippen LogP contribution in [0.3, 0.4) is 0 Å². The second kappa shape index (κ2) is 7.15. The quantitative estimate of drug-likeness (QED) is 0.794. The Labute approximate surface area is 126 Å². The number of ether oxygens (including phenoxy) is 2. The summed E-state index contributed by atoms with van der Waals surface area (Å²) in [5, 5.41) is 0. The average molecular weight is 292 g/mol. The van der Waals surface area contributed by atoms with E-state index in [4.69, 9.17) is 9.47 Å². The number of rotatable bonds is 5. The van der Waals surface area contributed by atoms with E-state index in [1.165, 1.54) is 13.0 Å². The molecule has 2 fully saturated rings. The van der Waals surface area contributed by atoms with Crippen molar-refractivity contribution in [2.75, 3.05) is 53.0 Å². The molecule has 0 saturated carbocycles. The first-order valence-corrected chi connectivity index (χ1v) is 7.71. The second-order valence-corrected chi connectivity index (χ2v) is 5.86. The van der Waals surface area contributed by atoms with Crippen LogP contribution in [0.15, 0.2) is 12.4 Å². The van der Waals surface area contributed by atoms with Gasteiger partial charge in [-0.15, -0.1) is 0 Å². The summed E-state index contributed by atoms with van der Waals surface area (Å²) >= 11 is 0. The number of aromatic nitrogens is 2. The normalized spacial score (nSPS) is 24.3. The number of hydrogen-bond acceptors (Lipinski definition) is 6. The molecule has 1 aromatic rings. The predicted molar refractivity (Wildman–Crippen MR) is 79.2 cm³/mol. The molecule has 0 aliphatic carbocycles. The van der Waals surface area contributed by atoms with Crippen LogP contribution in [-0.2, 0) is 11.3 Å². The van der Waals surface area contributed by atoms with Gasteiger partial charge in [0.2, 0.25) is 5.88 Å². The zero-order valence-electron chi connectivity index (χ0n) is 12.7. The van der Waals surface area contributed by atoms with Crippen molar-refractivity contribution in [3.8, 4) is 5.88 Å². The van der Waals surface area contributed by atoms with Gasteiger partial charge < -0.3 is 9.47 Å². The molecular weight excluding hydrogens is 268 g/mol. The summed E-state index contributed by atoms with van der Waals surface area (Å²) in [5.41, 5.74) is 0.987. The van der Waals surface area contributed by atoms with E-state index in [1.807, 2.05) is 6.20 Å². The number of likely N-dealkylation sites (tertiary alicyclic amines) is 1. The van der Waals surface area contributed by atoms with Gasteiger partial charge in [0.1, 0.15) is 0 Å². The van der Waals surface area contributed by atoms with E-state index < -0.39 is 0 Å². The molecule has 2 aliphatic heterocycles. The van der Waals surface area contributed by atoms with E-state index in [0.717, 1.165) is 57.5 Å². The lowest BCUT2D eigenvalue weighted by atomic mass is 10.1. The Kier molecular flexibility index (Phi) is 5.00. The molecule has 116 valence electrons. The second-order valence-electron chi connectivity index (χ2n) is 5.86. The molecule has 3 heterocycles. The van der Waals surface area contributed by atoms with Crippen LogP contribution < -0.4 is 4.74 Å². The van der Waals surface area contributed by atoms with E-state index in [-0.39, 0.29) is 0 Å². The summed E-state index contributed by atoms with van der Waals surface area (Å²) in [7, 11) is 1.63. The van der Waals surface area contributed by atoms with Crippen molar-refractivity contribution in [2.24, 2.45) is 5.92 Å². The summed E-state index contributed by atoms with van der Waals surface area (Å²) in [6.07, 6.45) is 4.75. The largest absolute Gasteiger partial charge is 0.480 e. The van der Waals surface area contributed by atoms with Gasteiger partial charge in [0.25, 0.3) is 0 Å². The van der Waals surface area contributed by atoms with E-state index in [9.17, 15) is 0 Å². The molecule has 2 saturated heterocycles. The Balaban J connectivity index is 1.47. The zero-order chi connectivity index (χ0) is 14.5. The van der Waals surface area contributed by atoms with Gasteiger partial charge >= 0.3 is 0 Å². The molecule has 1 unspecified atom stereocenters. The molecule has 1 atom stereocenters. The number of hydrogen-bond donors (Lipinski definition) is 0. The Morgan fingerprint density at radius 3 is 2.90 bits per heavy atom. The van der Waals surface area contributed by atoms with Crippen LogP contribution in [0.4, 0.5) is 0 Å². The van der Waals surface area contributed by atoms with E-state index in [0.29, 0.717) is 5.88 Å². The Morgan fingerprint density at radius 1 is 1.24 bits per heavy atom. The number of methoxy groups -OCH3 is 1. The Morgan fingerprint density at radius 2 is 2.10 bits per heavy atom. The molecule has 1 aromatic heterocycles. The average Bonchev–Trinajstić information content (AvgIpc) is 2.95. The number of nitrogens with zero attached hydrogens (tertiary/aromatic N) is 4. The summed E-state index contributed by atoms with van der Waals surface area (Å²) in [6, 6.07) is 0. The van der Waals surface area contributed by atoms with E-state index in [1.54, 1.807) is 13.3 Å². The molecule has 0 N–H and O–H groups in total. The van der Waals surface area contributed by atoms with Gasteiger partial charge in [-0.05, 0) is 18.9 Å². The zero-order valence-corrected chi connectivity index (χ0v) is 12.7. The van der Waals surface area contributed by atoms with Crippen LogP contribution in [0.1, 0.15) is 12.1 Å². The lowest BCUT2D eigenvalue weighted by molar-refractivity contribution is 0.0311. The van der Waals surface area contributed by atoms with Crippen molar-refractivity contribution in [2.45, 2.75) is 13.0 Å². The van der Waals surface area contributed by atoms with E-state index in [2.05, 4.69) is 19.8 Å². The smallest absolute Gasteiger partial charge is 0.232 e. The van der Waals surface area contributed by atoms with Crippen molar-refractivity contribution < 1.29 is 9.47 Å². The molecule has 21 heavy (non-hydrogen) atoms. The van der Waals surface area contributed by atoms with Gasteiger partial charge in [-0.1, -0.05) is 0 Å². The van der Waals surface area contributed by atoms with Crippen molar-refractivity contribution in [3.05, 3.63) is 18.1 Å². The van der Waals surface area contributed by atoms with Crippen LogP contribution in [-0.4, -0.2) is 72.8 Å². The fourth-order valence-corrected chi connectivity index (χ4v) is 3.14. The maximum absolute atomic E-state index is 5.41.